The first-order valence-corrected chi connectivity index (χ1v) is 6.57. The molecule has 1 fully saturated rings. The van der Waals surface area contributed by atoms with Crippen molar-refractivity contribution in [2.75, 3.05) is 46.3 Å². The summed E-state index contributed by atoms with van der Waals surface area (Å²) in [7, 11) is 1.82. The van der Waals surface area contributed by atoms with Crippen LogP contribution in [0, 0.1) is 5.41 Å². The van der Waals surface area contributed by atoms with Gasteiger partial charge in [0.15, 0.2) is 0 Å². The fourth-order valence-electron chi connectivity index (χ4n) is 1.98. The lowest BCUT2D eigenvalue weighted by atomic mass is 9.92. The molecular formula is C13H27N3O. The lowest BCUT2D eigenvalue weighted by Crippen LogP contribution is -2.50. The monoisotopic (exact) mass is 241 g/mol. The van der Waals surface area contributed by atoms with Crippen LogP contribution in [0.4, 0.5) is 0 Å². The van der Waals surface area contributed by atoms with Gasteiger partial charge in [-0.25, -0.2) is 0 Å². The van der Waals surface area contributed by atoms with Gasteiger partial charge in [-0.1, -0.05) is 20.8 Å². The minimum absolute atomic E-state index is 0.225. The van der Waals surface area contributed by atoms with E-state index in [-0.39, 0.29) is 5.91 Å². The average molecular weight is 241 g/mol. The molecule has 0 atom stereocenters. The van der Waals surface area contributed by atoms with E-state index >= 15 is 0 Å². The summed E-state index contributed by atoms with van der Waals surface area (Å²) < 4.78 is 0. The molecule has 1 amide bonds. The Balaban J connectivity index is 2.24. The first kappa shape index (κ1) is 14.5. The van der Waals surface area contributed by atoms with Gasteiger partial charge in [0.2, 0.25) is 5.91 Å². The lowest BCUT2D eigenvalue weighted by Gasteiger charge is -2.36. The Hall–Kier alpha value is -0.610. The van der Waals surface area contributed by atoms with Crippen LogP contribution in [0.25, 0.3) is 0 Å². The highest BCUT2D eigenvalue weighted by Gasteiger charge is 2.21. The molecule has 0 aromatic carbocycles. The van der Waals surface area contributed by atoms with Crippen molar-refractivity contribution in [3.05, 3.63) is 0 Å². The summed E-state index contributed by atoms with van der Waals surface area (Å²) in [6, 6.07) is 0. The van der Waals surface area contributed by atoms with Crippen molar-refractivity contribution in [2.24, 2.45) is 5.41 Å². The molecular weight excluding hydrogens is 214 g/mol. The normalized spacial score (nSPS) is 18.5. The van der Waals surface area contributed by atoms with E-state index < -0.39 is 0 Å². The summed E-state index contributed by atoms with van der Waals surface area (Å²) in [6.45, 7) is 12.2. The topological polar surface area (TPSA) is 35.6 Å². The highest BCUT2D eigenvalue weighted by molar-refractivity contribution is 5.78. The van der Waals surface area contributed by atoms with Gasteiger partial charge >= 0.3 is 0 Å². The summed E-state index contributed by atoms with van der Waals surface area (Å²) in [5.74, 6) is 0.225. The van der Waals surface area contributed by atoms with E-state index in [1.807, 2.05) is 11.9 Å². The van der Waals surface area contributed by atoms with Gasteiger partial charge in [-0.05, 0) is 25.4 Å². The van der Waals surface area contributed by atoms with E-state index in [2.05, 4.69) is 31.0 Å². The van der Waals surface area contributed by atoms with Crippen LogP contribution in [-0.4, -0.2) is 62.0 Å². The van der Waals surface area contributed by atoms with Gasteiger partial charge < -0.3 is 10.2 Å². The van der Waals surface area contributed by atoms with Crippen molar-refractivity contribution in [1.82, 2.24) is 15.1 Å². The second kappa shape index (κ2) is 6.36. The fourth-order valence-corrected chi connectivity index (χ4v) is 1.98. The van der Waals surface area contributed by atoms with Gasteiger partial charge in [0.25, 0.3) is 0 Å². The number of amides is 1. The molecule has 1 aliphatic heterocycles. The second-order valence-corrected chi connectivity index (χ2v) is 6.06. The van der Waals surface area contributed by atoms with Crippen LogP contribution in [0.2, 0.25) is 0 Å². The number of piperazine rings is 1. The van der Waals surface area contributed by atoms with Gasteiger partial charge in [-0.2, -0.15) is 0 Å². The van der Waals surface area contributed by atoms with Crippen LogP contribution in [0.3, 0.4) is 0 Å². The first-order chi connectivity index (χ1) is 7.92. The molecule has 4 heteroatoms. The van der Waals surface area contributed by atoms with Gasteiger partial charge in [-0.3, -0.25) is 9.69 Å². The summed E-state index contributed by atoms with van der Waals surface area (Å²) in [6.07, 6.45) is 1.22. The number of carbonyl (C=O) groups is 1. The minimum Gasteiger partial charge on any atom is -0.339 e. The number of carbonyl (C=O) groups excluding carboxylic acids is 1. The van der Waals surface area contributed by atoms with Gasteiger partial charge in [0.05, 0.1) is 6.54 Å². The number of likely N-dealkylation sites (N-methyl/N-ethyl adjacent to an activating group) is 1. The molecule has 17 heavy (non-hydrogen) atoms. The number of rotatable bonds is 4. The third-order valence-corrected chi connectivity index (χ3v) is 3.23. The van der Waals surface area contributed by atoms with Gasteiger partial charge in [0.1, 0.15) is 0 Å². The van der Waals surface area contributed by atoms with Crippen molar-refractivity contribution in [3.63, 3.8) is 0 Å². The molecule has 1 N–H and O–H groups in total. The van der Waals surface area contributed by atoms with E-state index in [4.69, 9.17) is 0 Å². The SMILES string of the molecule is CNCC(=O)N1CCN(CCC(C)(C)C)CC1. The molecule has 0 unspecified atom stereocenters. The van der Waals surface area contributed by atoms with Crippen molar-refractivity contribution in [2.45, 2.75) is 27.2 Å². The van der Waals surface area contributed by atoms with Crippen LogP contribution in [0.1, 0.15) is 27.2 Å². The molecule has 0 saturated carbocycles. The third-order valence-electron chi connectivity index (χ3n) is 3.23. The Morgan fingerprint density at radius 3 is 2.24 bits per heavy atom. The first-order valence-electron chi connectivity index (χ1n) is 6.57. The van der Waals surface area contributed by atoms with Crippen LogP contribution >= 0.6 is 0 Å². The van der Waals surface area contributed by atoms with E-state index in [1.165, 1.54) is 6.42 Å². The maximum atomic E-state index is 11.7. The van der Waals surface area contributed by atoms with Crippen molar-refractivity contribution < 1.29 is 4.79 Å². The fraction of sp³-hybridized carbons (Fsp3) is 0.923. The molecule has 0 radical (unpaired) electrons. The van der Waals surface area contributed by atoms with Crippen molar-refractivity contribution in [1.29, 1.82) is 0 Å². The van der Waals surface area contributed by atoms with E-state index in [1.54, 1.807) is 0 Å². The zero-order valence-corrected chi connectivity index (χ0v) is 11.8. The maximum Gasteiger partial charge on any atom is 0.236 e. The number of hydrogen-bond acceptors (Lipinski definition) is 3. The predicted octanol–water partition coefficient (Wildman–Crippen LogP) is 0.786. The highest BCUT2D eigenvalue weighted by atomic mass is 16.2. The Morgan fingerprint density at radius 1 is 1.18 bits per heavy atom. The van der Waals surface area contributed by atoms with Crippen molar-refractivity contribution in [3.8, 4) is 0 Å². The number of nitrogens with zero attached hydrogens (tertiary/aromatic N) is 2. The zero-order valence-electron chi connectivity index (χ0n) is 11.8. The van der Waals surface area contributed by atoms with Crippen LogP contribution < -0.4 is 5.32 Å². The molecule has 0 bridgehead atoms. The zero-order chi connectivity index (χ0) is 12.9. The Bertz CT molecular complexity index is 240. The van der Waals surface area contributed by atoms with E-state index in [0.717, 1.165) is 32.7 Å². The van der Waals surface area contributed by atoms with E-state index in [9.17, 15) is 4.79 Å². The number of nitrogens with one attached hydrogen (secondary N) is 1. The number of hydrogen-bond donors (Lipinski definition) is 1. The Kier molecular flexibility index (Phi) is 5.40. The molecule has 1 aliphatic rings. The van der Waals surface area contributed by atoms with Crippen LogP contribution in [0.15, 0.2) is 0 Å². The molecule has 4 nitrogen and oxygen atoms in total. The van der Waals surface area contributed by atoms with Crippen LogP contribution in [-0.2, 0) is 4.79 Å². The summed E-state index contributed by atoms with van der Waals surface area (Å²) in [5.41, 5.74) is 0.402. The largest absolute Gasteiger partial charge is 0.339 e. The van der Waals surface area contributed by atoms with Crippen molar-refractivity contribution >= 4 is 5.91 Å². The quantitative estimate of drug-likeness (QED) is 0.790. The predicted molar refractivity (Wildman–Crippen MR) is 71.0 cm³/mol. The summed E-state index contributed by atoms with van der Waals surface area (Å²) in [5, 5.41) is 2.92. The lowest BCUT2D eigenvalue weighted by molar-refractivity contribution is -0.131. The van der Waals surface area contributed by atoms with Gasteiger partial charge in [0, 0.05) is 26.2 Å². The highest BCUT2D eigenvalue weighted by Crippen LogP contribution is 2.19. The van der Waals surface area contributed by atoms with Crippen LogP contribution in [0.5, 0.6) is 0 Å². The van der Waals surface area contributed by atoms with Gasteiger partial charge in [-0.15, -0.1) is 0 Å². The standard InChI is InChI=1S/C13H27N3O/c1-13(2,3)5-6-15-7-9-16(10-8-15)12(17)11-14-4/h14H,5-11H2,1-4H3. The summed E-state index contributed by atoms with van der Waals surface area (Å²) >= 11 is 0. The molecule has 100 valence electrons. The molecule has 1 saturated heterocycles. The smallest absolute Gasteiger partial charge is 0.236 e. The third kappa shape index (κ3) is 5.50. The maximum absolute atomic E-state index is 11.7. The molecule has 1 heterocycles. The average Bonchev–Trinajstić information content (AvgIpc) is 2.26. The Morgan fingerprint density at radius 2 is 1.76 bits per heavy atom. The second-order valence-electron chi connectivity index (χ2n) is 6.06. The minimum atomic E-state index is 0.225. The molecule has 1 rings (SSSR count). The summed E-state index contributed by atoms with van der Waals surface area (Å²) in [4.78, 5) is 16.1. The molecule has 0 aromatic rings. The van der Waals surface area contributed by atoms with E-state index in [0.29, 0.717) is 12.0 Å². The Labute approximate surface area is 105 Å². The molecule has 0 aliphatic carbocycles. The molecule has 0 spiro atoms. The molecule has 0 aromatic heterocycles.